The molecule has 1 aliphatic heterocycles. The molecule has 0 aliphatic carbocycles. The zero-order valence-corrected chi connectivity index (χ0v) is 5.23. The first-order valence-electron chi connectivity index (χ1n) is 2.16. The summed E-state index contributed by atoms with van der Waals surface area (Å²) in [6, 6.07) is 0. The van der Waals surface area contributed by atoms with Gasteiger partial charge in [-0.2, -0.15) is 0 Å². The Labute approximate surface area is 52.0 Å². The number of hydrogen-bond donors (Lipinski definition) is 1. The highest BCUT2D eigenvalue weighted by Gasteiger charge is 2.08. The monoisotopic (exact) mass is 130 g/mol. The topological polar surface area (TPSA) is 32.3 Å². The quantitative estimate of drug-likeness (QED) is 0.404. The molecule has 0 saturated heterocycles. The van der Waals surface area contributed by atoms with Gasteiger partial charge in [0.1, 0.15) is 5.70 Å². The SMILES string of the molecule is CN1SNC=C1C=O. The number of nitrogens with zero attached hydrogens (tertiary/aromatic N) is 1. The van der Waals surface area contributed by atoms with E-state index in [1.807, 2.05) is 7.05 Å². The Hall–Kier alpha value is -0.640. The second kappa shape index (κ2) is 2.09. The minimum absolute atomic E-state index is 0.676. The summed E-state index contributed by atoms with van der Waals surface area (Å²) < 4.78 is 4.58. The molecule has 0 bridgehead atoms. The van der Waals surface area contributed by atoms with E-state index in [9.17, 15) is 4.79 Å². The lowest BCUT2D eigenvalue weighted by atomic mass is 10.5. The van der Waals surface area contributed by atoms with Crippen LogP contribution in [0.3, 0.4) is 0 Å². The Kier molecular flexibility index (Phi) is 1.43. The van der Waals surface area contributed by atoms with Crippen molar-refractivity contribution in [1.29, 1.82) is 0 Å². The van der Waals surface area contributed by atoms with Crippen LogP contribution in [0.5, 0.6) is 0 Å². The highest BCUT2D eigenvalue weighted by atomic mass is 32.2. The molecule has 0 aromatic heterocycles. The fraction of sp³-hybridized carbons (Fsp3) is 0.250. The van der Waals surface area contributed by atoms with Gasteiger partial charge in [0, 0.05) is 13.2 Å². The van der Waals surface area contributed by atoms with Crippen LogP contribution in [0.4, 0.5) is 0 Å². The standard InChI is InChI=1S/C4H6N2OS/c1-6-4(3-7)2-5-8-6/h2-3,5H,1H3. The molecule has 1 aliphatic rings. The molecule has 0 spiro atoms. The summed E-state index contributed by atoms with van der Waals surface area (Å²) in [4.78, 5) is 10.1. The molecule has 0 radical (unpaired) electrons. The first-order valence-corrected chi connectivity index (χ1v) is 2.93. The van der Waals surface area contributed by atoms with Gasteiger partial charge in [0.05, 0.1) is 12.1 Å². The molecule has 44 valence electrons. The van der Waals surface area contributed by atoms with Crippen LogP contribution in [0.2, 0.25) is 0 Å². The average Bonchev–Trinajstić information content (AvgIpc) is 2.14. The molecule has 0 aromatic rings. The highest BCUT2D eigenvalue weighted by molar-refractivity contribution is 7.95. The third kappa shape index (κ3) is 0.790. The summed E-state index contributed by atoms with van der Waals surface area (Å²) in [7, 11) is 1.82. The van der Waals surface area contributed by atoms with Crippen molar-refractivity contribution in [2.45, 2.75) is 0 Å². The van der Waals surface area contributed by atoms with Crippen LogP contribution in [0.25, 0.3) is 0 Å². The van der Waals surface area contributed by atoms with Crippen LogP contribution in [0, 0.1) is 0 Å². The molecule has 8 heavy (non-hydrogen) atoms. The van der Waals surface area contributed by atoms with Crippen LogP contribution in [0.1, 0.15) is 0 Å². The summed E-state index contributed by atoms with van der Waals surface area (Å²) in [6.07, 6.45) is 2.48. The number of aldehydes is 1. The molecule has 0 aromatic carbocycles. The lowest BCUT2D eigenvalue weighted by Gasteiger charge is -2.05. The van der Waals surface area contributed by atoms with Crippen LogP contribution < -0.4 is 4.72 Å². The van der Waals surface area contributed by atoms with Crippen molar-refractivity contribution in [2.24, 2.45) is 0 Å². The molecule has 1 N–H and O–H groups in total. The van der Waals surface area contributed by atoms with Crippen molar-refractivity contribution in [1.82, 2.24) is 9.03 Å². The zero-order valence-electron chi connectivity index (χ0n) is 4.42. The van der Waals surface area contributed by atoms with Crippen LogP contribution >= 0.6 is 12.1 Å². The molecule has 0 fully saturated rings. The van der Waals surface area contributed by atoms with E-state index < -0.39 is 0 Å². The molecule has 0 saturated carbocycles. The first-order chi connectivity index (χ1) is 3.84. The summed E-state index contributed by atoms with van der Waals surface area (Å²) in [6.45, 7) is 0. The second-order valence-corrected chi connectivity index (χ2v) is 2.36. The Morgan fingerprint density at radius 3 is 3.00 bits per heavy atom. The molecule has 0 amide bonds. The molecule has 1 rings (SSSR count). The van der Waals surface area contributed by atoms with E-state index in [1.165, 1.54) is 12.1 Å². The van der Waals surface area contributed by atoms with Gasteiger partial charge in [-0.25, -0.2) is 0 Å². The summed E-state index contributed by atoms with van der Waals surface area (Å²) in [5, 5.41) is 0. The van der Waals surface area contributed by atoms with Crippen molar-refractivity contribution in [3.63, 3.8) is 0 Å². The Bertz CT molecular complexity index is 134. The number of rotatable bonds is 1. The number of carbonyl (C=O) groups excluding carboxylic acids is 1. The lowest BCUT2D eigenvalue weighted by Crippen LogP contribution is -2.04. The van der Waals surface area contributed by atoms with Crippen molar-refractivity contribution in [3.8, 4) is 0 Å². The van der Waals surface area contributed by atoms with Gasteiger partial charge in [0.25, 0.3) is 0 Å². The maximum atomic E-state index is 10.1. The van der Waals surface area contributed by atoms with E-state index in [1.54, 1.807) is 10.5 Å². The van der Waals surface area contributed by atoms with Crippen LogP contribution in [-0.4, -0.2) is 17.6 Å². The zero-order chi connectivity index (χ0) is 5.98. The van der Waals surface area contributed by atoms with E-state index in [2.05, 4.69) is 4.72 Å². The maximum Gasteiger partial charge on any atom is 0.168 e. The molecular weight excluding hydrogens is 124 g/mol. The van der Waals surface area contributed by atoms with Crippen molar-refractivity contribution < 1.29 is 4.79 Å². The number of nitrogens with one attached hydrogen (secondary N) is 1. The molecule has 3 nitrogen and oxygen atoms in total. The van der Waals surface area contributed by atoms with E-state index >= 15 is 0 Å². The predicted octanol–water partition coefficient (Wildman–Crippen LogP) is 0.125. The van der Waals surface area contributed by atoms with E-state index in [0.29, 0.717) is 5.70 Å². The fourth-order valence-corrected chi connectivity index (χ4v) is 0.950. The van der Waals surface area contributed by atoms with Gasteiger partial charge in [0.15, 0.2) is 6.29 Å². The number of allylic oxidation sites excluding steroid dienone is 1. The maximum absolute atomic E-state index is 10.1. The van der Waals surface area contributed by atoms with Crippen LogP contribution in [0.15, 0.2) is 11.9 Å². The molecule has 4 heteroatoms. The minimum atomic E-state index is 0.676. The normalized spacial score (nSPS) is 17.6. The van der Waals surface area contributed by atoms with Crippen molar-refractivity contribution >= 4 is 18.4 Å². The third-order valence-electron chi connectivity index (χ3n) is 0.881. The van der Waals surface area contributed by atoms with Gasteiger partial charge in [-0.05, 0) is 0 Å². The third-order valence-corrected chi connectivity index (χ3v) is 1.59. The first kappa shape index (κ1) is 5.50. The average molecular weight is 130 g/mol. The van der Waals surface area contributed by atoms with Crippen molar-refractivity contribution in [3.05, 3.63) is 11.9 Å². The molecule has 0 atom stereocenters. The number of likely N-dealkylation sites (N-methyl/N-ethyl adjacent to an activating group) is 1. The summed E-state index contributed by atoms with van der Waals surface area (Å²) in [5.41, 5.74) is 0.676. The van der Waals surface area contributed by atoms with Gasteiger partial charge in [-0.1, -0.05) is 0 Å². The Morgan fingerprint density at radius 1 is 2.00 bits per heavy atom. The smallest absolute Gasteiger partial charge is 0.168 e. The molecule has 0 unspecified atom stereocenters. The molecule has 1 heterocycles. The largest absolute Gasteiger partial charge is 0.317 e. The van der Waals surface area contributed by atoms with Gasteiger partial charge < -0.3 is 4.72 Å². The predicted molar refractivity (Wildman–Crippen MR) is 32.6 cm³/mol. The molecular formula is C4H6N2OS. The van der Waals surface area contributed by atoms with E-state index in [4.69, 9.17) is 0 Å². The summed E-state index contributed by atoms with van der Waals surface area (Å²) in [5.74, 6) is 0. The number of hydrogen-bond acceptors (Lipinski definition) is 4. The van der Waals surface area contributed by atoms with E-state index in [-0.39, 0.29) is 0 Å². The van der Waals surface area contributed by atoms with Crippen molar-refractivity contribution in [2.75, 3.05) is 7.05 Å². The fourth-order valence-electron chi connectivity index (χ4n) is 0.418. The summed E-state index contributed by atoms with van der Waals surface area (Å²) >= 11 is 1.39. The van der Waals surface area contributed by atoms with Gasteiger partial charge in [0.2, 0.25) is 0 Å². The lowest BCUT2D eigenvalue weighted by molar-refractivity contribution is -0.105. The van der Waals surface area contributed by atoms with Gasteiger partial charge in [-0.15, -0.1) is 0 Å². The number of carbonyl (C=O) groups is 1. The minimum Gasteiger partial charge on any atom is -0.317 e. The van der Waals surface area contributed by atoms with Gasteiger partial charge in [-0.3, -0.25) is 9.10 Å². The van der Waals surface area contributed by atoms with Gasteiger partial charge >= 0.3 is 0 Å². The Balaban J connectivity index is 2.62. The Morgan fingerprint density at radius 2 is 2.75 bits per heavy atom. The van der Waals surface area contributed by atoms with E-state index in [0.717, 1.165) is 6.29 Å². The second-order valence-electron chi connectivity index (χ2n) is 1.39. The highest BCUT2D eigenvalue weighted by Crippen LogP contribution is 2.14. The van der Waals surface area contributed by atoms with Crippen LogP contribution in [-0.2, 0) is 4.79 Å².